The number of amides is 1. The Morgan fingerprint density at radius 3 is 2.38 bits per heavy atom. The van der Waals surface area contributed by atoms with Crippen molar-refractivity contribution in [2.45, 2.75) is 33.1 Å². The van der Waals surface area contributed by atoms with Gasteiger partial charge in [0.15, 0.2) is 5.17 Å². The molecule has 0 atom stereocenters. The largest absolute Gasteiger partial charge is 0.372 e. The molecule has 0 radical (unpaired) electrons. The Balaban J connectivity index is 1.52. The smallest absolute Gasteiger partial charge is 0.266 e. The van der Waals surface area contributed by atoms with Gasteiger partial charge in [-0.1, -0.05) is 18.2 Å². The standard InChI is InChI=1S/C24H27N3OS/c1-17-7-10-20(15-18(17)2)25-24-26(3)23(28)22(29-24)16-19-8-11-21(12-9-19)27-13-5-4-6-14-27/h7-12,15-16H,4-6,13-14H2,1-3H3/b22-16-,25-24?. The molecule has 4 nitrogen and oxygen atoms in total. The van der Waals surface area contributed by atoms with E-state index in [0.29, 0.717) is 4.91 Å². The molecular weight excluding hydrogens is 378 g/mol. The molecule has 4 rings (SSSR count). The van der Waals surface area contributed by atoms with Crippen molar-refractivity contribution in [3.63, 3.8) is 0 Å². The highest BCUT2D eigenvalue weighted by Gasteiger charge is 2.30. The summed E-state index contributed by atoms with van der Waals surface area (Å²) < 4.78 is 0. The number of carbonyl (C=O) groups excluding carboxylic acids is 1. The lowest BCUT2D eigenvalue weighted by atomic mass is 10.1. The van der Waals surface area contributed by atoms with Gasteiger partial charge < -0.3 is 4.90 Å². The summed E-state index contributed by atoms with van der Waals surface area (Å²) in [5.74, 6) is -0.00214. The summed E-state index contributed by atoms with van der Waals surface area (Å²) in [6.45, 7) is 6.44. The van der Waals surface area contributed by atoms with Crippen molar-refractivity contribution in [2.24, 2.45) is 4.99 Å². The van der Waals surface area contributed by atoms with Crippen molar-refractivity contribution in [1.82, 2.24) is 4.90 Å². The van der Waals surface area contributed by atoms with Gasteiger partial charge in [0.05, 0.1) is 10.6 Å². The molecule has 0 aliphatic carbocycles. The van der Waals surface area contributed by atoms with E-state index in [2.05, 4.69) is 55.1 Å². The van der Waals surface area contributed by atoms with E-state index in [1.165, 1.54) is 47.8 Å². The van der Waals surface area contributed by atoms with Crippen molar-refractivity contribution in [1.29, 1.82) is 0 Å². The maximum atomic E-state index is 12.7. The Kier molecular flexibility index (Phi) is 5.76. The first-order valence-electron chi connectivity index (χ1n) is 10.2. The zero-order chi connectivity index (χ0) is 20.4. The number of piperidine rings is 1. The van der Waals surface area contributed by atoms with Crippen molar-refractivity contribution in [2.75, 3.05) is 25.0 Å². The molecule has 2 aromatic carbocycles. The molecule has 29 heavy (non-hydrogen) atoms. The normalized spacial score (nSPS) is 20.2. The summed E-state index contributed by atoms with van der Waals surface area (Å²) in [6.07, 6.45) is 5.84. The van der Waals surface area contributed by atoms with Gasteiger partial charge in [-0.05, 0) is 91.9 Å². The van der Waals surface area contributed by atoms with E-state index in [1.54, 1.807) is 11.9 Å². The van der Waals surface area contributed by atoms with Crippen LogP contribution in [0.3, 0.4) is 0 Å². The van der Waals surface area contributed by atoms with Crippen LogP contribution in [0.25, 0.3) is 6.08 Å². The maximum absolute atomic E-state index is 12.7. The van der Waals surface area contributed by atoms with Gasteiger partial charge in [-0.15, -0.1) is 0 Å². The fourth-order valence-corrected chi connectivity index (χ4v) is 4.63. The first kappa shape index (κ1) is 19.8. The molecule has 2 aromatic rings. The van der Waals surface area contributed by atoms with Crippen LogP contribution < -0.4 is 4.90 Å². The Bertz CT molecular complexity index is 972. The predicted octanol–water partition coefficient (Wildman–Crippen LogP) is 5.53. The van der Waals surface area contributed by atoms with E-state index in [0.717, 1.165) is 29.5 Å². The molecule has 0 spiro atoms. The van der Waals surface area contributed by atoms with Gasteiger partial charge in [0, 0.05) is 25.8 Å². The summed E-state index contributed by atoms with van der Waals surface area (Å²) in [6, 6.07) is 14.6. The fraction of sp³-hybridized carbons (Fsp3) is 0.333. The highest BCUT2D eigenvalue weighted by atomic mass is 32.2. The number of rotatable bonds is 3. The first-order valence-corrected chi connectivity index (χ1v) is 11.0. The van der Waals surface area contributed by atoms with Crippen molar-refractivity contribution >= 4 is 40.3 Å². The minimum atomic E-state index is -0.00214. The summed E-state index contributed by atoms with van der Waals surface area (Å²) in [5.41, 5.74) is 5.63. The molecule has 0 bridgehead atoms. The Hall–Kier alpha value is -2.53. The third kappa shape index (κ3) is 4.40. The summed E-state index contributed by atoms with van der Waals surface area (Å²) >= 11 is 1.44. The SMILES string of the molecule is Cc1ccc(N=C2S/C(=C\c3ccc(N4CCCCC4)cc3)C(=O)N2C)cc1C. The number of thioether (sulfide) groups is 1. The van der Waals surface area contributed by atoms with E-state index >= 15 is 0 Å². The number of hydrogen-bond donors (Lipinski definition) is 0. The second-order valence-corrected chi connectivity index (χ2v) is 8.79. The first-order chi connectivity index (χ1) is 14.0. The topological polar surface area (TPSA) is 35.9 Å². The number of aliphatic imine (C=N–C) groups is 1. The average molecular weight is 406 g/mol. The minimum Gasteiger partial charge on any atom is -0.372 e. The average Bonchev–Trinajstić information content (AvgIpc) is 3.00. The van der Waals surface area contributed by atoms with Crippen molar-refractivity contribution in [3.05, 3.63) is 64.1 Å². The number of amidine groups is 1. The van der Waals surface area contributed by atoms with Crippen molar-refractivity contribution in [3.8, 4) is 0 Å². The minimum absolute atomic E-state index is 0.00214. The van der Waals surface area contributed by atoms with Crippen LogP contribution in [-0.2, 0) is 4.79 Å². The quantitative estimate of drug-likeness (QED) is 0.630. The lowest BCUT2D eigenvalue weighted by Crippen LogP contribution is -2.29. The maximum Gasteiger partial charge on any atom is 0.266 e. The van der Waals surface area contributed by atoms with Crippen LogP contribution in [0, 0.1) is 13.8 Å². The van der Waals surface area contributed by atoms with Crippen LogP contribution in [0.1, 0.15) is 36.0 Å². The molecule has 0 N–H and O–H groups in total. The van der Waals surface area contributed by atoms with E-state index < -0.39 is 0 Å². The van der Waals surface area contributed by atoms with Gasteiger partial charge in [-0.25, -0.2) is 4.99 Å². The molecule has 0 saturated carbocycles. The number of benzene rings is 2. The van der Waals surface area contributed by atoms with Crippen molar-refractivity contribution < 1.29 is 4.79 Å². The lowest BCUT2D eigenvalue weighted by Gasteiger charge is -2.28. The van der Waals surface area contributed by atoms with E-state index in [4.69, 9.17) is 4.99 Å². The molecule has 2 fully saturated rings. The second kappa shape index (κ2) is 8.46. The highest BCUT2D eigenvalue weighted by molar-refractivity contribution is 8.18. The van der Waals surface area contributed by atoms with Gasteiger partial charge in [0.1, 0.15) is 0 Å². The molecule has 150 valence electrons. The molecule has 0 aromatic heterocycles. The van der Waals surface area contributed by atoms with Crippen LogP contribution in [0.15, 0.2) is 52.4 Å². The molecule has 5 heteroatoms. The number of aryl methyl sites for hydroxylation is 2. The monoisotopic (exact) mass is 405 g/mol. The number of anilines is 1. The zero-order valence-electron chi connectivity index (χ0n) is 17.3. The number of carbonyl (C=O) groups is 1. The number of hydrogen-bond acceptors (Lipinski definition) is 4. The molecule has 1 amide bonds. The van der Waals surface area contributed by atoms with E-state index in [9.17, 15) is 4.79 Å². The highest BCUT2D eigenvalue weighted by Crippen LogP contribution is 2.33. The molecule has 2 heterocycles. The number of nitrogens with zero attached hydrogens (tertiary/aromatic N) is 3. The molecule has 2 aliphatic rings. The van der Waals surface area contributed by atoms with Crippen LogP contribution in [0.5, 0.6) is 0 Å². The Morgan fingerprint density at radius 2 is 1.69 bits per heavy atom. The van der Waals surface area contributed by atoms with Gasteiger partial charge in [-0.2, -0.15) is 0 Å². The van der Waals surface area contributed by atoms with E-state index in [-0.39, 0.29) is 5.91 Å². The lowest BCUT2D eigenvalue weighted by molar-refractivity contribution is -0.121. The predicted molar refractivity (Wildman–Crippen MR) is 124 cm³/mol. The van der Waals surface area contributed by atoms with Gasteiger partial charge in [-0.3, -0.25) is 9.69 Å². The third-order valence-electron chi connectivity index (χ3n) is 5.63. The van der Waals surface area contributed by atoms with Crippen LogP contribution in [0.2, 0.25) is 0 Å². The van der Waals surface area contributed by atoms with Crippen LogP contribution in [-0.4, -0.2) is 36.1 Å². The molecule has 2 saturated heterocycles. The van der Waals surface area contributed by atoms with Gasteiger partial charge >= 0.3 is 0 Å². The Labute approximate surface area is 177 Å². The Morgan fingerprint density at radius 1 is 0.966 bits per heavy atom. The molecule has 2 aliphatic heterocycles. The third-order valence-corrected chi connectivity index (χ3v) is 6.69. The summed E-state index contributed by atoms with van der Waals surface area (Å²) in [4.78, 5) is 22.2. The van der Waals surface area contributed by atoms with Gasteiger partial charge in [0.25, 0.3) is 5.91 Å². The fourth-order valence-electron chi connectivity index (χ4n) is 3.64. The van der Waals surface area contributed by atoms with Crippen LogP contribution in [0.4, 0.5) is 11.4 Å². The zero-order valence-corrected chi connectivity index (χ0v) is 18.1. The number of likely N-dealkylation sites (N-methyl/N-ethyl adjacent to an activating group) is 1. The second-order valence-electron chi connectivity index (χ2n) is 7.78. The molecular formula is C24H27N3OS. The van der Waals surface area contributed by atoms with E-state index in [1.807, 2.05) is 12.1 Å². The van der Waals surface area contributed by atoms with Crippen LogP contribution >= 0.6 is 11.8 Å². The van der Waals surface area contributed by atoms with Gasteiger partial charge in [0.2, 0.25) is 0 Å². The molecule has 0 unspecified atom stereocenters. The summed E-state index contributed by atoms with van der Waals surface area (Å²) in [7, 11) is 1.79. The summed E-state index contributed by atoms with van der Waals surface area (Å²) in [5, 5.41) is 0.717.